The van der Waals surface area contributed by atoms with Gasteiger partial charge in [-0.3, -0.25) is 4.79 Å². The van der Waals surface area contributed by atoms with Crippen molar-refractivity contribution in [3.05, 3.63) is 23.8 Å². The lowest BCUT2D eigenvalue weighted by atomic mass is 10.2. The molecule has 2 aromatic rings. The Morgan fingerprint density at radius 1 is 1.40 bits per heavy atom. The van der Waals surface area contributed by atoms with Crippen molar-refractivity contribution in [3.63, 3.8) is 0 Å². The molecular weight excluding hydrogens is 362 g/mol. The van der Waals surface area contributed by atoms with Gasteiger partial charge in [0, 0.05) is 31.1 Å². The molecule has 8 nitrogen and oxygen atoms in total. The van der Waals surface area contributed by atoms with Crippen LogP contribution in [0.4, 0.5) is 5.82 Å². The standard InChI is InChI=1S/C15H19N7OS.ClH/c23-15(17-6-10-2-1-3-16-10)11-7-22(4-5-24-11)14-12-13(19-8-18-12)20-9-21-14;/h7-10,16H,1-6H2,(H,17,23)(H,18,19,20,21);1H/t10-;/m0./s1. The Bertz CT molecular complexity index is 774. The zero-order chi connectivity index (χ0) is 16.4. The third-order valence-electron chi connectivity index (χ3n) is 4.23. The average molecular weight is 382 g/mol. The van der Waals surface area contributed by atoms with E-state index >= 15 is 0 Å². The Kier molecular flexibility index (Phi) is 5.77. The third kappa shape index (κ3) is 3.88. The molecule has 0 unspecified atom stereocenters. The maximum absolute atomic E-state index is 12.4. The van der Waals surface area contributed by atoms with E-state index in [2.05, 4.69) is 30.6 Å². The molecule has 1 atom stereocenters. The Morgan fingerprint density at radius 2 is 2.32 bits per heavy atom. The van der Waals surface area contributed by atoms with Crippen LogP contribution in [-0.2, 0) is 4.79 Å². The number of rotatable bonds is 4. The summed E-state index contributed by atoms with van der Waals surface area (Å²) < 4.78 is 0. The molecule has 0 saturated carbocycles. The lowest BCUT2D eigenvalue weighted by molar-refractivity contribution is -0.116. The quantitative estimate of drug-likeness (QED) is 0.727. The molecule has 1 saturated heterocycles. The van der Waals surface area contributed by atoms with Crippen LogP contribution in [0.2, 0.25) is 0 Å². The van der Waals surface area contributed by atoms with Gasteiger partial charge in [0.2, 0.25) is 0 Å². The number of carbonyl (C=O) groups is 1. The molecule has 10 heteroatoms. The van der Waals surface area contributed by atoms with Crippen molar-refractivity contribution in [2.75, 3.05) is 30.3 Å². The summed E-state index contributed by atoms with van der Waals surface area (Å²) in [7, 11) is 0. The predicted octanol–water partition coefficient (Wildman–Crippen LogP) is 1.04. The van der Waals surface area contributed by atoms with Crippen LogP contribution in [0, 0.1) is 0 Å². The highest BCUT2D eigenvalue weighted by atomic mass is 35.5. The highest BCUT2D eigenvalue weighted by Crippen LogP contribution is 2.27. The zero-order valence-corrected chi connectivity index (χ0v) is 15.2. The van der Waals surface area contributed by atoms with Gasteiger partial charge in [-0.15, -0.1) is 24.2 Å². The molecule has 1 amide bonds. The minimum absolute atomic E-state index is 0. The van der Waals surface area contributed by atoms with Crippen LogP contribution in [0.5, 0.6) is 0 Å². The van der Waals surface area contributed by atoms with Gasteiger partial charge in [-0.05, 0) is 19.4 Å². The highest BCUT2D eigenvalue weighted by Gasteiger charge is 2.22. The largest absolute Gasteiger partial charge is 0.350 e. The first-order chi connectivity index (χ1) is 11.8. The van der Waals surface area contributed by atoms with Crippen LogP contribution in [0.1, 0.15) is 12.8 Å². The van der Waals surface area contributed by atoms with Gasteiger partial charge in [0.15, 0.2) is 11.5 Å². The Balaban J connectivity index is 0.00000182. The topological polar surface area (TPSA) is 98.8 Å². The number of imidazole rings is 1. The Morgan fingerprint density at radius 3 is 3.16 bits per heavy atom. The summed E-state index contributed by atoms with van der Waals surface area (Å²) >= 11 is 1.58. The first kappa shape index (κ1) is 18.0. The van der Waals surface area contributed by atoms with Gasteiger partial charge < -0.3 is 20.5 Å². The number of hydrogen-bond acceptors (Lipinski definition) is 7. The molecule has 25 heavy (non-hydrogen) atoms. The first-order valence-electron chi connectivity index (χ1n) is 8.08. The van der Waals surface area contributed by atoms with Crippen molar-refractivity contribution < 1.29 is 4.79 Å². The van der Waals surface area contributed by atoms with E-state index in [4.69, 9.17) is 0 Å². The SMILES string of the molecule is Cl.O=C(NC[C@@H]1CCCN1)C1=CN(c2ncnc3nc[nH]c23)CCS1. The molecule has 2 aliphatic rings. The number of nitrogens with zero attached hydrogens (tertiary/aromatic N) is 4. The maximum Gasteiger partial charge on any atom is 0.259 e. The predicted molar refractivity (Wildman–Crippen MR) is 101 cm³/mol. The van der Waals surface area contributed by atoms with Crippen molar-refractivity contribution in [1.29, 1.82) is 0 Å². The van der Waals surface area contributed by atoms with Gasteiger partial charge >= 0.3 is 0 Å². The van der Waals surface area contributed by atoms with E-state index < -0.39 is 0 Å². The minimum atomic E-state index is -0.0201. The molecule has 4 heterocycles. The number of H-pyrrole nitrogens is 1. The summed E-state index contributed by atoms with van der Waals surface area (Å²) in [5.41, 5.74) is 1.42. The van der Waals surface area contributed by atoms with Crippen LogP contribution in [0.3, 0.4) is 0 Å². The van der Waals surface area contributed by atoms with Gasteiger partial charge in [-0.2, -0.15) is 0 Å². The zero-order valence-electron chi connectivity index (χ0n) is 13.6. The van der Waals surface area contributed by atoms with Crippen molar-refractivity contribution in [2.45, 2.75) is 18.9 Å². The Labute approximate surface area is 155 Å². The van der Waals surface area contributed by atoms with E-state index in [0.717, 1.165) is 36.6 Å². The molecule has 0 bridgehead atoms. The maximum atomic E-state index is 12.4. The van der Waals surface area contributed by atoms with Crippen LogP contribution in [-0.4, -0.2) is 57.3 Å². The number of anilines is 1. The number of aromatic nitrogens is 4. The molecule has 2 aliphatic heterocycles. The minimum Gasteiger partial charge on any atom is -0.350 e. The lowest BCUT2D eigenvalue weighted by Gasteiger charge is -2.25. The normalized spacial score (nSPS) is 20.2. The molecule has 0 aliphatic carbocycles. The van der Waals surface area contributed by atoms with Crippen molar-refractivity contribution in [3.8, 4) is 0 Å². The number of carbonyl (C=O) groups excluding carboxylic acids is 1. The molecule has 3 N–H and O–H groups in total. The Hall–Kier alpha value is -1.84. The van der Waals surface area contributed by atoms with E-state index in [1.807, 2.05) is 11.1 Å². The second-order valence-corrected chi connectivity index (χ2v) is 6.97. The van der Waals surface area contributed by atoms with Gasteiger partial charge in [0.05, 0.1) is 11.2 Å². The van der Waals surface area contributed by atoms with E-state index in [1.54, 1.807) is 18.1 Å². The first-order valence-corrected chi connectivity index (χ1v) is 9.07. The molecule has 0 aromatic carbocycles. The fourth-order valence-electron chi connectivity index (χ4n) is 2.99. The number of halogens is 1. The smallest absolute Gasteiger partial charge is 0.259 e. The average Bonchev–Trinajstić information content (AvgIpc) is 3.30. The van der Waals surface area contributed by atoms with Crippen LogP contribution in [0.25, 0.3) is 11.2 Å². The second kappa shape index (κ2) is 8.03. The number of hydrogen-bond donors (Lipinski definition) is 3. The number of thioether (sulfide) groups is 1. The summed E-state index contributed by atoms with van der Waals surface area (Å²) in [5, 5.41) is 6.42. The van der Waals surface area contributed by atoms with Crippen molar-refractivity contribution in [2.24, 2.45) is 0 Å². The third-order valence-corrected chi connectivity index (χ3v) is 5.22. The molecule has 134 valence electrons. The van der Waals surface area contributed by atoms with Crippen molar-refractivity contribution >= 4 is 47.1 Å². The number of amides is 1. The van der Waals surface area contributed by atoms with E-state index in [1.165, 1.54) is 12.7 Å². The second-order valence-electron chi connectivity index (χ2n) is 5.84. The molecule has 0 radical (unpaired) electrons. The van der Waals surface area contributed by atoms with Gasteiger partial charge in [-0.25, -0.2) is 15.0 Å². The number of aromatic amines is 1. The van der Waals surface area contributed by atoms with Gasteiger partial charge in [0.25, 0.3) is 5.91 Å². The number of nitrogens with one attached hydrogen (secondary N) is 3. The molecule has 0 spiro atoms. The number of fused-ring (bicyclic) bond motifs is 1. The lowest BCUT2D eigenvalue weighted by Crippen LogP contribution is -2.38. The van der Waals surface area contributed by atoms with E-state index in [-0.39, 0.29) is 18.3 Å². The van der Waals surface area contributed by atoms with Crippen LogP contribution in [0.15, 0.2) is 23.8 Å². The summed E-state index contributed by atoms with van der Waals surface area (Å²) in [5.74, 6) is 1.56. The van der Waals surface area contributed by atoms with Gasteiger partial charge in [-0.1, -0.05) is 0 Å². The molecule has 1 fully saturated rings. The van der Waals surface area contributed by atoms with E-state index in [9.17, 15) is 4.79 Å². The molecule has 2 aromatic heterocycles. The summed E-state index contributed by atoms with van der Waals surface area (Å²) in [6.45, 7) is 2.51. The van der Waals surface area contributed by atoms with Crippen molar-refractivity contribution in [1.82, 2.24) is 30.6 Å². The summed E-state index contributed by atoms with van der Waals surface area (Å²) in [4.78, 5) is 30.8. The molecular formula is C15H20ClN7OS. The van der Waals surface area contributed by atoms with Crippen LogP contribution < -0.4 is 15.5 Å². The monoisotopic (exact) mass is 381 g/mol. The summed E-state index contributed by atoms with van der Waals surface area (Å²) in [6, 6.07) is 0.394. The van der Waals surface area contributed by atoms with Gasteiger partial charge in [0.1, 0.15) is 11.8 Å². The van der Waals surface area contributed by atoms with E-state index in [0.29, 0.717) is 23.1 Å². The highest BCUT2D eigenvalue weighted by molar-refractivity contribution is 8.04. The fraction of sp³-hybridized carbons (Fsp3) is 0.467. The van der Waals surface area contributed by atoms with Crippen LogP contribution >= 0.6 is 24.2 Å². The molecule has 4 rings (SSSR count). The summed E-state index contributed by atoms with van der Waals surface area (Å²) in [6.07, 6.45) is 7.28. The fourth-order valence-corrected chi connectivity index (χ4v) is 3.91.